The summed E-state index contributed by atoms with van der Waals surface area (Å²) in [4.78, 5) is 26.4. The molecular weight excluding hydrogens is 565 g/mol. The van der Waals surface area contributed by atoms with E-state index in [1.54, 1.807) is 0 Å². The van der Waals surface area contributed by atoms with Crippen molar-refractivity contribution >= 4 is 44.9 Å². The van der Waals surface area contributed by atoms with Crippen LogP contribution in [0.3, 0.4) is 0 Å². The normalized spacial score (nSPS) is 26.7. The summed E-state index contributed by atoms with van der Waals surface area (Å²) in [6, 6.07) is 9.01. The molecule has 3 unspecified atom stereocenters. The summed E-state index contributed by atoms with van der Waals surface area (Å²) < 4.78 is 40.1. The van der Waals surface area contributed by atoms with Crippen LogP contribution < -0.4 is 26.2 Å². The molecule has 4 N–H and O–H groups in total. The Hall–Kier alpha value is -2.55. The quantitative estimate of drug-likeness (QED) is 0.358. The van der Waals surface area contributed by atoms with Crippen LogP contribution in [-0.2, 0) is 11.0 Å². The average Bonchev–Trinajstić information content (AvgIpc) is 3.37. The average molecular weight is 595 g/mol. The summed E-state index contributed by atoms with van der Waals surface area (Å²) in [5, 5.41) is 14.6. The van der Waals surface area contributed by atoms with Crippen LogP contribution in [0.1, 0.15) is 29.3 Å². The Morgan fingerprint density at radius 1 is 1.15 bits per heavy atom. The smallest absolute Gasteiger partial charge is 0.353 e. The monoisotopic (exact) mass is 594 g/mol. The van der Waals surface area contributed by atoms with E-state index in [1.165, 1.54) is 11.3 Å². The van der Waals surface area contributed by atoms with E-state index in [0.29, 0.717) is 32.0 Å². The van der Waals surface area contributed by atoms with Gasteiger partial charge in [-0.1, -0.05) is 23.7 Å². The molecule has 0 bridgehead atoms. The van der Waals surface area contributed by atoms with Gasteiger partial charge in [0.1, 0.15) is 23.0 Å². The van der Waals surface area contributed by atoms with Gasteiger partial charge in [0.25, 0.3) is 0 Å². The number of rotatable bonds is 5. The highest BCUT2D eigenvalue weighted by Crippen LogP contribution is 2.34. The van der Waals surface area contributed by atoms with Crippen molar-refractivity contribution in [1.29, 1.82) is 0 Å². The number of benzene rings is 1. The summed E-state index contributed by atoms with van der Waals surface area (Å²) in [5.41, 5.74) is 0.00515. The molecule has 14 heteroatoms. The molecule has 5 heterocycles. The number of halogens is 4. The van der Waals surface area contributed by atoms with Gasteiger partial charge in [-0.15, -0.1) is 11.3 Å². The molecule has 0 aliphatic carbocycles. The van der Waals surface area contributed by atoms with Gasteiger partial charge in [0.2, 0.25) is 5.91 Å². The Morgan fingerprint density at radius 2 is 1.95 bits per heavy atom. The van der Waals surface area contributed by atoms with Gasteiger partial charge in [-0.25, -0.2) is 9.97 Å². The largest absolute Gasteiger partial charge is 0.417 e. The fourth-order valence-electron chi connectivity index (χ4n) is 5.56. The van der Waals surface area contributed by atoms with Crippen molar-refractivity contribution in [3.8, 4) is 0 Å². The molecule has 1 amide bonds. The van der Waals surface area contributed by atoms with Gasteiger partial charge in [0.05, 0.1) is 27.0 Å². The molecule has 3 aromatic rings. The molecule has 6 rings (SSSR count). The molecular formula is C26H30ClF3N8OS. The van der Waals surface area contributed by atoms with Gasteiger partial charge in [-0.2, -0.15) is 13.2 Å². The number of amides is 1. The maximum Gasteiger partial charge on any atom is 0.417 e. The zero-order valence-corrected chi connectivity index (χ0v) is 23.1. The number of carbonyl (C=O) groups excluding carboxylic acids is 1. The predicted molar refractivity (Wildman–Crippen MR) is 148 cm³/mol. The lowest BCUT2D eigenvalue weighted by molar-refractivity contribution is -0.137. The van der Waals surface area contributed by atoms with E-state index in [-0.39, 0.29) is 23.1 Å². The van der Waals surface area contributed by atoms with Gasteiger partial charge < -0.3 is 15.5 Å². The fourth-order valence-corrected chi connectivity index (χ4v) is 6.95. The van der Waals surface area contributed by atoms with Crippen LogP contribution in [0.4, 0.5) is 19.0 Å². The van der Waals surface area contributed by atoms with Crippen molar-refractivity contribution in [1.82, 2.24) is 36.1 Å². The lowest BCUT2D eigenvalue weighted by atomic mass is 10.00. The first-order chi connectivity index (χ1) is 19.3. The maximum absolute atomic E-state index is 13.6. The molecule has 0 spiro atoms. The first-order valence-corrected chi connectivity index (χ1v) is 14.6. The number of anilines is 1. The number of nitrogens with zero attached hydrogens (tertiary/aromatic N) is 4. The highest BCUT2D eigenvalue weighted by molar-refractivity contribution is 7.18. The van der Waals surface area contributed by atoms with Crippen molar-refractivity contribution in [2.75, 3.05) is 44.2 Å². The number of thiazole rings is 1. The molecule has 3 aliphatic heterocycles. The second-order valence-corrected chi connectivity index (χ2v) is 11.8. The van der Waals surface area contributed by atoms with Gasteiger partial charge in [0.15, 0.2) is 0 Å². The molecule has 1 aromatic carbocycles. The number of hydrogen-bond acceptors (Lipinski definition) is 9. The van der Waals surface area contributed by atoms with E-state index in [9.17, 15) is 18.0 Å². The molecule has 40 heavy (non-hydrogen) atoms. The Balaban J connectivity index is 1.17. The Morgan fingerprint density at radius 3 is 2.65 bits per heavy atom. The van der Waals surface area contributed by atoms with E-state index < -0.39 is 23.9 Å². The van der Waals surface area contributed by atoms with Crippen LogP contribution >= 0.6 is 22.9 Å². The summed E-state index contributed by atoms with van der Waals surface area (Å²) in [6.45, 7) is 3.93. The molecule has 2 aromatic heterocycles. The van der Waals surface area contributed by atoms with Crippen molar-refractivity contribution in [3.63, 3.8) is 0 Å². The number of piperazine rings is 1. The van der Waals surface area contributed by atoms with Crippen LogP contribution in [0, 0.1) is 0 Å². The highest BCUT2D eigenvalue weighted by atomic mass is 35.5. The molecule has 3 aliphatic rings. The zero-order chi connectivity index (χ0) is 27.9. The van der Waals surface area contributed by atoms with Crippen LogP contribution in [0.2, 0.25) is 5.02 Å². The standard InChI is InChI=1S/C26H30ClF3N8OS/c27-17-12-15(26(28,29)30)13-32-22(17)37-8-10-38(11-9-37)25-35-21(33-16-4-3-7-31-14-16)20(23(39)36-25)24-34-18-5-1-2-6-19(18)40-24/h1-2,5-6,12-13,16,20-21,25,31,33,35H,3-4,7-11,14H2,(H,36,39)/t16-,20?,21?,25?/m1/s1. The Labute approximate surface area is 238 Å². The van der Waals surface area contributed by atoms with Crippen LogP contribution in [-0.4, -0.2) is 78.5 Å². The van der Waals surface area contributed by atoms with Gasteiger partial charge in [-0.3, -0.25) is 20.3 Å². The highest BCUT2D eigenvalue weighted by Gasteiger charge is 2.42. The van der Waals surface area contributed by atoms with Crippen molar-refractivity contribution in [2.45, 2.75) is 43.4 Å². The summed E-state index contributed by atoms with van der Waals surface area (Å²) >= 11 is 7.72. The van der Waals surface area contributed by atoms with E-state index >= 15 is 0 Å². The number of piperidine rings is 1. The fraction of sp³-hybridized carbons (Fsp3) is 0.500. The van der Waals surface area contributed by atoms with Gasteiger partial charge >= 0.3 is 6.18 Å². The van der Waals surface area contributed by atoms with Crippen LogP contribution in [0.25, 0.3) is 10.2 Å². The number of nitrogens with one attached hydrogen (secondary N) is 4. The van der Waals surface area contributed by atoms with E-state index in [2.05, 4.69) is 31.2 Å². The number of para-hydroxylation sites is 1. The third-order valence-corrected chi connectivity index (χ3v) is 9.05. The van der Waals surface area contributed by atoms with Crippen LogP contribution in [0.5, 0.6) is 0 Å². The third-order valence-electron chi connectivity index (χ3n) is 7.65. The second kappa shape index (κ2) is 11.4. The molecule has 0 radical (unpaired) electrons. The summed E-state index contributed by atoms with van der Waals surface area (Å²) in [7, 11) is 0. The number of alkyl halides is 3. The topological polar surface area (TPSA) is 97.5 Å². The predicted octanol–water partition coefficient (Wildman–Crippen LogP) is 2.94. The number of carbonyl (C=O) groups is 1. The first kappa shape index (κ1) is 27.6. The van der Waals surface area contributed by atoms with Crippen molar-refractivity contribution < 1.29 is 18.0 Å². The number of pyridine rings is 1. The Kier molecular flexibility index (Phi) is 7.85. The van der Waals surface area contributed by atoms with Crippen molar-refractivity contribution in [2.24, 2.45) is 0 Å². The summed E-state index contributed by atoms with van der Waals surface area (Å²) in [6.07, 6.45) is -2.34. The SMILES string of the molecule is O=C1NC(N2CCN(c3ncc(C(F)(F)F)cc3Cl)CC2)NC(N[C@@H]2CCCNC2)C1c1nc2ccccc2s1. The molecule has 0 saturated carbocycles. The van der Waals surface area contributed by atoms with Gasteiger partial charge in [0, 0.05) is 45.0 Å². The lowest BCUT2D eigenvalue weighted by Crippen LogP contribution is -2.72. The van der Waals surface area contributed by atoms with E-state index in [0.717, 1.165) is 53.4 Å². The van der Waals surface area contributed by atoms with Crippen LogP contribution in [0.15, 0.2) is 36.5 Å². The Bertz CT molecular complexity index is 1330. The molecule has 9 nitrogen and oxygen atoms in total. The number of aromatic nitrogens is 2. The minimum absolute atomic E-state index is 0.0311. The minimum atomic E-state index is -4.50. The minimum Gasteiger partial charge on any atom is -0.353 e. The maximum atomic E-state index is 13.6. The summed E-state index contributed by atoms with van der Waals surface area (Å²) in [5.74, 6) is -0.263. The van der Waals surface area contributed by atoms with Crippen molar-refractivity contribution in [3.05, 3.63) is 52.1 Å². The lowest BCUT2D eigenvalue weighted by Gasteiger charge is -2.46. The second-order valence-electron chi connectivity index (χ2n) is 10.3. The molecule has 3 saturated heterocycles. The number of hydrogen-bond donors (Lipinski definition) is 4. The van der Waals surface area contributed by atoms with E-state index in [1.807, 2.05) is 29.2 Å². The van der Waals surface area contributed by atoms with E-state index in [4.69, 9.17) is 16.6 Å². The first-order valence-electron chi connectivity index (χ1n) is 13.4. The molecule has 3 fully saturated rings. The number of fused-ring (bicyclic) bond motifs is 1. The van der Waals surface area contributed by atoms with Gasteiger partial charge in [-0.05, 0) is 37.6 Å². The molecule has 214 valence electrons. The third kappa shape index (κ3) is 5.76. The zero-order valence-electron chi connectivity index (χ0n) is 21.5. The molecule has 4 atom stereocenters.